The minimum Gasteiger partial charge on any atom is -0.496 e. The molecule has 3 aromatic rings. The van der Waals surface area contributed by atoms with E-state index in [0.717, 1.165) is 16.3 Å². The van der Waals surface area contributed by atoms with E-state index in [2.05, 4.69) is 5.32 Å². The molecular formula is C23H18N2O4. The molecular weight excluding hydrogens is 368 g/mol. The smallest absolute Gasteiger partial charge is 0.262 e. The fourth-order valence-corrected chi connectivity index (χ4v) is 3.22. The van der Waals surface area contributed by atoms with Gasteiger partial charge in [0.25, 0.3) is 5.91 Å². The molecule has 1 amide bonds. The number of amides is 1. The normalized spacial score (nSPS) is 12.5. The van der Waals surface area contributed by atoms with Gasteiger partial charge in [-0.3, -0.25) is 4.79 Å². The number of methoxy groups -OCH3 is 1. The molecule has 1 N–H and O–H groups in total. The third kappa shape index (κ3) is 3.71. The first kappa shape index (κ1) is 18.4. The monoisotopic (exact) mass is 386 g/mol. The molecule has 0 bridgehead atoms. The molecule has 6 nitrogen and oxygen atoms in total. The molecule has 0 fully saturated rings. The third-order valence-corrected chi connectivity index (χ3v) is 4.69. The summed E-state index contributed by atoms with van der Waals surface area (Å²) >= 11 is 0. The van der Waals surface area contributed by atoms with E-state index < -0.39 is 5.91 Å². The van der Waals surface area contributed by atoms with E-state index in [9.17, 15) is 10.1 Å². The van der Waals surface area contributed by atoms with Crippen LogP contribution in [0.25, 0.3) is 16.8 Å². The van der Waals surface area contributed by atoms with Gasteiger partial charge in [-0.15, -0.1) is 0 Å². The molecule has 1 aliphatic heterocycles. The molecule has 0 aromatic heterocycles. The summed E-state index contributed by atoms with van der Waals surface area (Å²) in [6.45, 7) is 0.459. The maximum Gasteiger partial charge on any atom is 0.262 e. The van der Waals surface area contributed by atoms with Crippen LogP contribution in [0.5, 0.6) is 17.2 Å². The highest BCUT2D eigenvalue weighted by atomic mass is 16.7. The summed E-state index contributed by atoms with van der Waals surface area (Å²) in [5.41, 5.74) is 1.54. The summed E-state index contributed by atoms with van der Waals surface area (Å²) < 4.78 is 16.1. The molecule has 0 atom stereocenters. The predicted octanol–water partition coefficient (Wildman–Crippen LogP) is 3.80. The van der Waals surface area contributed by atoms with Gasteiger partial charge in [-0.2, -0.15) is 5.26 Å². The number of carbonyl (C=O) groups excluding carboxylic acids is 1. The minimum atomic E-state index is -0.458. The summed E-state index contributed by atoms with van der Waals surface area (Å²) in [4.78, 5) is 12.6. The van der Waals surface area contributed by atoms with Crippen molar-refractivity contribution in [1.82, 2.24) is 5.32 Å². The minimum absolute atomic E-state index is 0.000367. The zero-order valence-corrected chi connectivity index (χ0v) is 15.8. The third-order valence-electron chi connectivity index (χ3n) is 4.69. The lowest BCUT2D eigenvalue weighted by molar-refractivity contribution is -0.117. The van der Waals surface area contributed by atoms with Crippen LogP contribution in [0.3, 0.4) is 0 Å². The first-order valence-electron chi connectivity index (χ1n) is 9.04. The van der Waals surface area contributed by atoms with E-state index >= 15 is 0 Å². The van der Waals surface area contributed by atoms with Crippen LogP contribution in [0.1, 0.15) is 11.1 Å². The van der Waals surface area contributed by atoms with Gasteiger partial charge in [-0.05, 0) is 40.6 Å². The van der Waals surface area contributed by atoms with Crippen molar-refractivity contribution in [3.8, 4) is 23.3 Å². The van der Waals surface area contributed by atoms with Crippen molar-refractivity contribution in [3.05, 3.63) is 71.3 Å². The van der Waals surface area contributed by atoms with Crippen molar-refractivity contribution < 1.29 is 19.0 Å². The Hall–Kier alpha value is -3.98. The van der Waals surface area contributed by atoms with Gasteiger partial charge in [-0.1, -0.05) is 36.4 Å². The Labute approximate surface area is 167 Å². The Balaban J connectivity index is 1.59. The molecule has 29 heavy (non-hydrogen) atoms. The summed E-state index contributed by atoms with van der Waals surface area (Å²) in [5, 5.41) is 14.2. The summed E-state index contributed by atoms with van der Waals surface area (Å²) in [6.07, 6.45) is 1.57. The summed E-state index contributed by atoms with van der Waals surface area (Å²) in [5.74, 6) is 1.47. The van der Waals surface area contributed by atoms with Crippen molar-refractivity contribution in [1.29, 1.82) is 5.26 Å². The zero-order valence-electron chi connectivity index (χ0n) is 15.8. The van der Waals surface area contributed by atoms with E-state index in [1.165, 1.54) is 0 Å². The fourth-order valence-electron chi connectivity index (χ4n) is 3.22. The lowest BCUT2D eigenvalue weighted by Gasteiger charge is -2.10. The SMILES string of the molecule is COc1ccc2ccccc2c1/C=C(\C#N)C(=O)NCc1ccc2c(c1)OCO2. The number of nitrogens with zero attached hydrogens (tertiary/aromatic N) is 1. The van der Waals surface area contributed by atoms with Crippen molar-refractivity contribution in [2.24, 2.45) is 0 Å². The lowest BCUT2D eigenvalue weighted by Crippen LogP contribution is -2.24. The number of rotatable bonds is 5. The van der Waals surface area contributed by atoms with Crippen LogP contribution in [-0.4, -0.2) is 19.8 Å². The highest BCUT2D eigenvalue weighted by molar-refractivity contribution is 6.04. The Morgan fingerprint density at radius 3 is 2.83 bits per heavy atom. The molecule has 0 spiro atoms. The number of benzene rings is 3. The second-order valence-electron chi connectivity index (χ2n) is 6.44. The summed E-state index contributed by atoms with van der Waals surface area (Å²) in [6, 6.07) is 19.0. The van der Waals surface area contributed by atoms with Crippen molar-refractivity contribution >= 4 is 22.8 Å². The van der Waals surface area contributed by atoms with E-state index in [1.807, 2.05) is 54.6 Å². The Morgan fingerprint density at radius 2 is 2.00 bits per heavy atom. The first-order chi connectivity index (χ1) is 14.2. The van der Waals surface area contributed by atoms with Gasteiger partial charge in [0.05, 0.1) is 7.11 Å². The van der Waals surface area contributed by atoms with E-state index in [0.29, 0.717) is 22.8 Å². The molecule has 3 aromatic carbocycles. The average Bonchev–Trinajstić information content (AvgIpc) is 3.23. The largest absolute Gasteiger partial charge is 0.496 e. The quantitative estimate of drug-likeness (QED) is 0.533. The van der Waals surface area contributed by atoms with Gasteiger partial charge in [0.2, 0.25) is 6.79 Å². The highest BCUT2D eigenvalue weighted by Gasteiger charge is 2.15. The predicted molar refractivity (Wildman–Crippen MR) is 109 cm³/mol. The molecule has 0 saturated carbocycles. The number of nitriles is 1. The standard InChI is InChI=1S/C23H18N2O4/c1-27-20-9-7-16-4-2-3-5-18(16)19(20)11-17(12-24)23(26)25-13-15-6-8-21-22(10-15)29-14-28-21/h2-11H,13-14H2,1H3,(H,25,26)/b17-11+. The first-order valence-corrected chi connectivity index (χ1v) is 9.04. The van der Waals surface area contributed by atoms with Crippen LogP contribution in [0.15, 0.2) is 60.2 Å². The molecule has 0 radical (unpaired) electrons. The van der Waals surface area contributed by atoms with Crippen LogP contribution < -0.4 is 19.5 Å². The highest BCUT2D eigenvalue weighted by Crippen LogP contribution is 2.32. The van der Waals surface area contributed by atoms with Crippen molar-refractivity contribution in [2.75, 3.05) is 13.9 Å². The molecule has 0 aliphatic carbocycles. The Bertz CT molecular complexity index is 1160. The zero-order chi connectivity index (χ0) is 20.2. The van der Waals surface area contributed by atoms with E-state index in [-0.39, 0.29) is 18.9 Å². The molecule has 1 heterocycles. The van der Waals surface area contributed by atoms with Crippen LogP contribution >= 0.6 is 0 Å². The van der Waals surface area contributed by atoms with Gasteiger partial charge in [-0.25, -0.2) is 0 Å². The second kappa shape index (κ2) is 7.95. The number of ether oxygens (including phenoxy) is 3. The van der Waals surface area contributed by atoms with Crippen LogP contribution in [0.4, 0.5) is 0 Å². The van der Waals surface area contributed by atoms with Gasteiger partial charge in [0.15, 0.2) is 11.5 Å². The van der Waals surface area contributed by atoms with Gasteiger partial charge in [0, 0.05) is 12.1 Å². The topological polar surface area (TPSA) is 80.6 Å². The molecule has 4 rings (SSSR count). The van der Waals surface area contributed by atoms with Gasteiger partial charge >= 0.3 is 0 Å². The van der Waals surface area contributed by atoms with Gasteiger partial charge in [0.1, 0.15) is 17.4 Å². The summed E-state index contributed by atoms with van der Waals surface area (Å²) in [7, 11) is 1.56. The number of nitrogens with one attached hydrogen (secondary N) is 1. The fraction of sp³-hybridized carbons (Fsp3) is 0.130. The molecule has 6 heteroatoms. The van der Waals surface area contributed by atoms with E-state index in [4.69, 9.17) is 14.2 Å². The molecule has 0 saturated heterocycles. The molecule has 0 unspecified atom stereocenters. The number of fused-ring (bicyclic) bond motifs is 2. The Kier molecular flexibility index (Phi) is 5.04. The maximum atomic E-state index is 12.6. The van der Waals surface area contributed by atoms with Crippen LogP contribution in [-0.2, 0) is 11.3 Å². The van der Waals surface area contributed by atoms with Crippen molar-refractivity contribution in [2.45, 2.75) is 6.54 Å². The van der Waals surface area contributed by atoms with Crippen LogP contribution in [0.2, 0.25) is 0 Å². The lowest BCUT2D eigenvalue weighted by atomic mass is 10.0. The Morgan fingerprint density at radius 1 is 1.17 bits per heavy atom. The number of hydrogen-bond donors (Lipinski definition) is 1. The average molecular weight is 386 g/mol. The molecule has 144 valence electrons. The second-order valence-corrected chi connectivity index (χ2v) is 6.44. The van der Waals surface area contributed by atoms with Crippen molar-refractivity contribution in [3.63, 3.8) is 0 Å². The van der Waals surface area contributed by atoms with Gasteiger partial charge < -0.3 is 19.5 Å². The maximum absolute atomic E-state index is 12.6. The number of hydrogen-bond acceptors (Lipinski definition) is 5. The molecule has 1 aliphatic rings. The number of carbonyl (C=O) groups is 1. The van der Waals surface area contributed by atoms with Crippen LogP contribution in [0, 0.1) is 11.3 Å². The van der Waals surface area contributed by atoms with E-state index in [1.54, 1.807) is 19.3 Å².